The van der Waals surface area contributed by atoms with Gasteiger partial charge in [-0.15, -0.1) is 0 Å². The smallest absolute Gasteiger partial charge is 0.310 e. The first-order valence-electron chi connectivity index (χ1n) is 6.38. The van der Waals surface area contributed by atoms with E-state index in [0.717, 1.165) is 18.2 Å². The molecule has 0 heterocycles. The Labute approximate surface area is 127 Å². The number of halogens is 4. The normalized spacial score (nSPS) is 20.7. The van der Waals surface area contributed by atoms with Crippen molar-refractivity contribution in [3.63, 3.8) is 0 Å². The molecule has 1 aromatic rings. The minimum Gasteiger partial charge on any atom is -0.448 e. The highest BCUT2D eigenvalue weighted by Gasteiger charge is 2.57. The molecule has 3 nitrogen and oxygen atoms in total. The van der Waals surface area contributed by atoms with Gasteiger partial charge in [0.25, 0.3) is 6.43 Å². The Balaban J connectivity index is 1.96. The maximum Gasteiger partial charge on any atom is 0.310 e. The van der Waals surface area contributed by atoms with Crippen molar-refractivity contribution in [2.24, 2.45) is 0 Å². The minimum atomic E-state index is -3.38. The van der Waals surface area contributed by atoms with E-state index >= 15 is 0 Å². The van der Waals surface area contributed by atoms with Crippen LogP contribution >= 0.6 is 0 Å². The largest absolute Gasteiger partial charge is 0.448 e. The molecule has 2 aliphatic rings. The highest BCUT2D eigenvalue weighted by Crippen LogP contribution is 2.48. The molecule has 0 aliphatic heterocycles. The van der Waals surface area contributed by atoms with Crippen LogP contribution < -0.4 is 4.74 Å². The van der Waals surface area contributed by atoms with Gasteiger partial charge in [0, 0.05) is 11.1 Å². The van der Waals surface area contributed by atoms with Crippen LogP contribution in [0, 0.1) is 11.3 Å². The number of hydrogen-bond donors (Lipinski definition) is 1. The molecule has 2 aliphatic carbocycles. The van der Waals surface area contributed by atoms with Crippen molar-refractivity contribution in [3.05, 3.63) is 63.8 Å². The molecular weight excluding hydrogens is 314 g/mol. The molecule has 1 unspecified atom stereocenters. The Kier molecular flexibility index (Phi) is 3.39. The minimum absolute atomic E-state index is 0.0303. The van der Waals surface area contributed by atoms with Crippen LogP contribution in [0.15, 0.2) is 52.6 Å². The van der Waals surface area contributed by atoms with Crippen LogP contribution in [0.3, 0.4) is 0 Å². The molecule has 1 aromatic carbocycles. The lowest BCUT2D eigenvalue weighted by molar-refractivity contribution is -0.0914. The number of aliphatic hydroxyl groups is 1. The second-order valence-electron chi connectivity index (χ2n) is 4.92. The Morgan fingerprint density at radius 1 is 1.26 bits per heavy atom. The van der Waals surface area contributed by atoms with E-state index in [4.69, 9.17) is 10.00 Å². The van der Waals surface area contributed by atoms with Crippen molar-refractivity contribution < 1.29 is 27.4 Å². The first kappa shape index (κ1) is 15.1. The zero-order valence-corrected chi connectivity index (χ0v) is 11.3. The number of hydrogen-bond acceptors (Lipinski definition) is 3. The third-order valence-electron chi connectivity index (χ3n) is 3.40. The van der Waals surface area contributed by atoms with E-state index in [9.17, 15) is 22.7 Å². The first-order valence-corrected chi connectivity index (χ1v) is 6.38. The molecule has 1 N–H and O–H groups in total. The average Bonchev–Trinajstić information content (AvgIpc) is 2.53. The van der Waals surface area contributed by atoms with Gasteiger partial charge in [0.1, 0.15) is 11.9 Å². The van der Waals surface area contributed by atoms with Gasteiger partial charge in [-0.3, -0.25) is 0 Å². The second kappa shape index (κ2) is 5.15. The third-order valence-corrected chi connectivity index (χ3v) is 3.40. The van der Waals surface area contributed by atoms with E-state index < -0.39 is 29.6 Å². The SMILES string of the molecule is N#Cc1cc(OC2=C=C=C3C(=C2)C(O)C3(F)F)cc(C(F)F)c1. The van der Waals surface area contributed by atoms with Gasteiger partial charge >= 0.3 is 5.92 Å². The van der Waals surface area contributed by atoms with E-state index in [1.165, 1.54) is 6.07 Å². The third kappa shape index (κ3) is 2.45. The molecule has 0 radical (unpaired) electrons. The quantitative estimate of drug-likeness (QED) is 0.686. The van der Waals surface area contributed by atoms with Crippen LogP contribution in [-0.2, 0) is 0 Å². The van der Waals surface area contributed by atoms with Gasteiger partial charge in [0.05, 0.1) is 17.2 Å². The Morgan fingerprint density at radius 2 is 2.00 bits per heavy atom. The zero-order chi connectivity index (χ0) is 16.8. The van der Waals surface area contributed by atoms with Gasteiger partial charge in [0.15, 0.2) is 5.76 Å². The Morgan fingerprint density at radius 3 is 2.65 bits per heavy atom. The van der Waals surface area contributed by atoms with Gasteiger partial charge in [-0.2, -0.15) is 14.0 Å². The van der Waals surface area contributed by atoms with E-state index in [0.29, 0.717) is 0 Å². The van der Waals surface area contributed by atoms with Gasteiger partial charge in [-0.25, -0.2) is 8.78 Å². The predicted molar refractivity (Wildman–Crippen MR) is 69.8 cm³/mol. The fraction of sp³-hybridized carbons (Fsp3) is 0.188. The summed E-state index contributed by atoms with van der Waals surface area (Å²) >= 11 is 0. The Hall–Kier alpha value is -2.77. The molecule has 1 fully saturated rings. The number of nitrogens with zero attached hydrogens (tertiary/aromatic N) is 1. The molecule has 7 heteroatoms. The van der Waals surface area contributed by atoms with Crippen LogP contribution in [0.4, 0.5) is 17.6 Å². The molecule has 0 aromatic heterocycles. The number of aliphatic hydroxyl groups excluding tert-OH is 1. The first-order chi connectivity index (χ1) is 10.8. The van der Waals surface area contributed by atoms with Crippen LogP contribution in [0.1, 0.15) is 17.6 Å². The maximum absolute atomic E-state index is 13.3. The number of alkyl halides is 4. The zero-order valence-electron chi connectivity index (χ0n) is 11.3. The predicted octanol–water partition coefficient (Wildman–Crippen LogP) is 3.39. The van der Waals surface area contributed by atoms with Gasteiger partial charge in [-0.05, 0) is 30.0 Å². The van der Waals surface area contributed by atoms with E-state index in [1.54, 1.807) is 6.07 Å². The number of allylic oxidation sites excluding steroid dienone is 1. The topological polar surface area (TPSA) is 53.2 Å². The highest BCUT2D eigenvalue weighted by atomic mass is 19.3. The van der Waals surface area contributed by atoms with Crippen LogP contribution in [0.25, 0.3) is 0 Å². The fourth-order valence-electron chi connectivity index (χ4n) is 2.24. The lowest BCUT2D eigenvalue weighted by Gasteiger charge is -2.37. The van der Waals surface area contributed by atoms with Crippen LogP contribution in [0.2, 0.25) is 0 Å². The fourth-order valence-corrected chi connectivity index (χ4v) is 2.24. The molecular formula is C16H7F4NO2. The van der Waals surface area contributed by atoms with Gasteiger partial charge in [0.2, 0.25) is 0 Å². The van der Waals surface area contributed by atoms with E-state index in [2.05, 4.69) is 11.5 Å². The van der Waals surface area contributed by atoms with Crippen molar-refractivity contribution in [2.75, 3.05) is 0 Å². The van der Waals surface area contributed by atoms with E-state index in [-0.39, 0.29) is 22.6 Å². The van der Waals surface area contributed by atoms with Crippen LogP contribution in [0.5, 0.6) is 5.75 Å². The molecule has 0 saturated heterocycles. The Bertz CT molecular complexity index is 867. The number of ether oxygens (including phenoxy) is 1. The van der Waals surface area contributed by atoms with Gasteiger partial charge < -0.3 is 9.84 Å². The second-order valence-corrected chi connectivity index (χ2v) is 4.92. The van der Waals surface area contributed by atoms with Crippen molar-refractivity contribution >= 4 is 0 Å². The lowest BCUT2D eigenvalue weighted by Crippen LogP contribution is -2.49. The van der Waals surface area contributed by atoms with Crippen molar-refractivity contribution in [2.45, 2.75) is 18.5 Å². The summed E-state index contributed by atoms with van der Waals surface area (Å²) in [4.78, 5) is 0. The summed E-state index contributed by atoms with van der Waals surface area (Å²) in [5.41, 5.74) is 3.55. The number of fused-ring (bicyclic) bond motifs is 1. The summed E-state index contributed by atoms with van der Waals surface area (Å²) in [6.07, 6.45) is -3.62. The highest BCUT2D eigenvalue weighted by molar-refractivity contribution is 5.56. The summed E-state index contributed by atoms with van der Waals surface area (Å²) in [6.45, 7) is 0. The van der Waals surface area contributed by atoms with Crippen molar-refractivity contribution in [3.8, 4) is 11.8 Å². The maximum atomic E-state index is 13.3. The lowest BCUT2D eigenvalue weighted by atomic mass is 9.77. The number of rotatable bonds is 3. The van der Waals surface area contributed by atoms with Crippen molar-refractivity contribution in [1.29, 1.82) is 5.26 Å². The summed E-state index contributed by atoms with van der Waals surface area (Å²) in [7, 11) is 0. The summed E-state index contributed by atoms with van der Waals surface area (Å²) in [5.74, 6) is -3.52. The number of benzene rings is 1. The summed E-state index contributed by atoms with van der Waals surface area (Å²) < 4.78 is 57.3. The van der Waals surface area contributed by atoms with Crippen LogP contribution in [-0.4, -0.2) is 17.1 Å². The van der Waals surface area contributed by atoms with Crippen molar-refractivity contribution in [1.82, 2.24) is 0 Å². The molecule has 1 saturated carbocycles. The summed E-state index contributed by atoms with van der Waals surface area (Å²) in [6, 6.07) is 5.01. The monoisotopic (exact) mass is 321 g/mol. The average molecular weight is 321 g/mol. The standard InChI is InChI=1S/C16H7F4NO2/c17-15(18)9-3-8(7-21)4-11(5-9)23-10-1-2-13-12(6-10)14(22)16(13,19)20/h3-6,14-15,22H. The van der Waals surface area contributed by atoms with E-state index in [1.807, 2.05) is 0 Å². The molecule has 23 heavy (non-hydrogen) atoms. The van der Waals surface area contributed by atoms with Gasteiger partial charge in [-0.1, -0.05) is 5.73 Å². The molecule has 0 amide bonds. The summed E-state index contributed by atoms with van der Waals surface area (Å²) in [5, 5.41) is 18.2. The molecule has 0 bridgehead atoms. The molecule has 3 rings (SSSR count). The molecule has 1 atom stereocenters. The molecule has 116 valence electrons. The number of nitriles is 1. The molecule has 0 spiro atoms.